The number of nitrogens with zero attached hydrogens (tertiary/aromatic N) is 4. The summed E-state index contributed by atoms with van der Waals surface area (Å²) in [4.78, 5) is 14.6. The van der Waals surface area contributed by atoms with E-state index in [0.29, 0.717) is 11.3 Å². The van der Waals surface area contributed by atoms with Gasteiger partial charge in [0.05, 0.1) is 10.4 Å². The maximum absolute atomic E-state index is 10.7. The van der Waals surface area contributed by atoms with Gasteiger partial charge in [-0.3, -0.25) is 10.1 Å². The van der Waals surface area contributed by atoms with E-state index in [0.717, 1.165) is 5.39 Å². The number of aromatic nitrogens is 3. The van der Waals surface area contributed by atoms with Crippen LogP contribution in [0.2, 0.25) is 0 Å². The van der Waals surface area contributed by atoms with E-state index in [1.54, 1.807) is 35.3 Å². The summed E-state index contributed by atoms with van der Waals surface area (Å²) in [6, 6.07) is 9.98. The van der Waals surface area contributed by atoms with Gasteiger partial charge in [-0.2, -0.15) is 5.10 Å². The van der Waals surface area contributed by atoms with E-state index in [4.69, 9.17) is 0 Å². The van der Waals surface area contributed by atoms with Gasteiger partial charge in [-0.15, -0.1) is 0 Å². The molecule has 6 heteroatoms. The average Bonchev–Trinajstić information content (AvgIpc) is 2.91. The summed E-state index contributed by atoms with van der Waals surface area (Å²) in [5.74, 6) is 0.682. The van der Waals surface area contributed by atoms with Crippen LogP contribution in [0.3, 0.4) is 0 Å². The van der Waals surface area contributed by atoms with Crippen molar-refractivity contribution in [2.45, 2.75) is 0 Å². The predicted octanol–water partition coefficient (Wildman–Crippen LogP) is 2.33. The Labute approximate surface area is 102 Å². The quantitative estimate of drug-likeness (QED) is 0.509. The third kappa shape index (κ3) is 1.69. The lowest BCUT2D eigenvalue weighted by Crippen LogP contribution is -1.97. The summed E-state index contributed by atoms with van der Waals surface area (Å²) in [6.45, 7) is 0. The van der Waals surface area contributed by atoms with Gasteiger partial charge in [-0.1, -0.05) is 0 Å². The second kappa shape index (κ2) is 3.92. The second-order valence-corrected chi connectivity index (χ2v) is 3.75. The summed E-state index contributed by atoms with van der Waals surface area (Å²) in [5, 5.41) is 15.5. The highest BCUT2D eigenvalue weighted by Gasteiger charge is 2.07. The third-order valence-corrected chi connectivity index (χ3v) is 2.61. The topological polar surface area (TPSA) is 73.8 Å². The number of pyridine rings is 1. The molecule has 0 fully saturated rings. The number of hydrogen-bond acceptors (Lipinski definition) is 4. The molecule has 88 valence electrons. The van der Waals surface area contributed by atoms with Crippen LogP contribution < -0.4 is 0 Å². The number of non-ortho nitro benzene ring substituents is 1. The number of nitro groups is 1. The van der Waals surface area contributed by atoms with Crippen LogP contribution >= 0.6 is 0 Å². The van der Waals surface area contributed by atoms with E-state index in [1.807, 2.05) is 6.07 Å². The predicted molar refractivity (Wildman–Crippen MR) is 65.5 cm³/mol. The van der Waals surface area contributed by atoms with Crippen LogP contribution in [-0.2, 0) is 0 Å². The van der Waals surface area contributed by atoms with Gasteiger partial charge in [0, 0.05) is 29.9 Å². The molecule has 3 rings (SSSR count). The molecule has 6 nitrogen and oxygen atoms in total. The van der Waals surface area contributed by atoms with E-state index < -0.39 is 4.92 Å². The zero-order valence-electron chi connectivity index (χ0n) is 9.22. The Bertz CT molecular complexity index is 722. The minimum absolute atomic E-state index is 0.0659. The van der Waals surface area contributed by atoms with E-state index in [-0.39, 0.29) is 5.69 Å². The molecule has 0 radical (unpaired) electrons. The molecule has 0 aliphatic rings. The van der Waals surface area contributed by atoms with Gasteiger partial charge in [0.25, 0.3) is 5.69 Å². The minimum atomic E-state index is -0.416. The molecule has 0 amide bonds. The lowest BCUT2D eigenvalue weighted by Gasteiger charge is -2.02. The Morgan fingerprint density at radius 2 is 2.11 bits per heavy atom. The molecule has 0 unspecified atom stereocenters. The number of rotatable bonds is 2. The van der Waals surface area contributed by atoms with Crippen LogP contribution in [0, 0.1) is 10.1 Å². The van der Waals surface area contributed by atoms with Crippen LogP contribution in [0.4, 0.5) is 5.69 Å². The molecule has 1 aromatic carbocycles. The van der Waals surface area contributed by atoms with Gasteiger partial charge < -0.3 is 0 Å². The fourth-order valence-corrected chi connectivity index (χ4v) is 1.75. The highest BCUT2D eigenvalue weighted by molar-refractivity contribution is 5.81. The Hall–Kier alpha value is -2.76. The van der Waals surface area contributed by atoms with Crippen molar-refractivity contribution in [3.05, 3.63) is 58.9 Å². The molecule has 0 saturated heterocycles. The van der Waals surface area contributed by atoms with Gasteiger partial charge in [-0.05, 0) is 24.3 Å². The first-order chi connectivity index (χ1) is 8.74. The number of benzene rings is 1. The van der Waals surface area contributed by atoms with Crippen molar-refractivity contribution in [1.82, 2.24) is 14.8 Å². The third-order valence-electron chi connectivity index (χ3n) is 2.61. The lowest BCUT2D eigenvalue weighted by molar-refractivity contribution is -0.384. The van der Waals surface area contributed by atoms with Gasteiger partial charge in [0.15, 0.2) is 5.82 Å². The van der Waals surface area contributed by atoms with E-state index in [9.17, 15) is 10.1 Å². The van der Waals surface area contributed by atoms with E-state index in [2.05, 4.69) is 10.1 Å². The molecular weight excluding hydrogens is 232 g/mol. The van der Waals surface area contributed by atoms with Crippen molar-refractivity contribution in [2.75, 3.05) is 0 Å². The number of hydrogen-bond donors (Lipinski definition) is 0. The Morgan fingerprint density at radius 1 is 1.22 bits per heavy atom. The molecule has 2 aromatic heterocycles. The van der Waals surface area contributed by atoms with Crippen molar-refractivity contribution in [1.29, 1.82) is 0 Å². The zero-order valence-corrected chi connectivity index (χ0v) is 9.22. The summed E-state index contributed by atoms with van der Waals surface area (Å²) < 4.78 is 1.64. The first-order valence-corrected chi connectivity index (χ1v) is 5.29. The monoisotopic (exact) mass is 240 g/mol. The highest BCUT2D eigenvalue weighted by atomic mass is 16.6. The van der Waals surface area contributed by atoms with Crippen molar-refractivity contribution < 1.29 is 4.92 Å². The summed E-state index contributed by atoms with van der Waals surface area (Å²) in [7, 11) is 0. The maximum atomic E-state index is 10.7. The van der Waals surface area contributed by atoms with Crippen LogP contribution in [0.1, 0.15) is 0 Å². The van der Waals surface area contributed by atoms with E-state index >= 15 is 0 Å². The average molecular weight is 240 g/mol. The molecular formula is C12H8N4O2. The number of fused-ring (bicyclic) bond motifs is 1. The molecule has 2 heterocycles. The Kier molecular flexibility index (Phi) is 2.26. The zero-order chi connectivity index (χ0) is 12.5. The molecule has 0 bridgehead atoms. The lowest BCUT2D eigenvalue weighted by atomic mass is 10.2. The Morgan fingerprint density at radius 3 is 2.83 bits per heavy atom. The molecule has 0 saturated carbocycles. The minimum Gasteiger partial charge on any atom is -0.258 e. The smallest absolute Gasteiger partial charge is 0.258 e. The normalized spacial score (nSPS) is 10.7. The molecule has 0 atom stereocenters. The maximum Gasteiger partial charge on any atom is 0.270 e. The van der Waals surface area contributed by atoms with Gasteiger partial charge in [0.1, 0.15) is 0 Å². The summed E-state index contributed by atoms with van der Waals surface area (Å²) in [5.41, 5.74) is 0.768. The Balaban J connectivity index is 2.14. The number of nitro benzene ring substituents is 1. The molecule has 0 spiro atoms. The molecule has 18 heavy (non-hydrogen) atoms. The fourth-order valence-electron chi connectivity index (χ4n) is 1.75. The van der Waals surface area contributed by atoms with Crippen molar-refractivity contribution in [3.63, 3.8) is 0 Å². The van der Waals surface area contributed by atoms with Crippen molar-refractivity contribution >= 4 is 16.6 Å². The van der Waals surface area contributed by atoms with Crippen molar-refractivity contribution in [2.24, 2.45) is 0 Å². The van der Waals surface area contributed by atoms with Gasteiger partial charge >= 0.3 is 0 Å². The van der Waals surface area contributed by atoms with Crippen LogP contribution in [0.25, 0.3) is 16.7 Å². The van der Waals surface area contributed by atoms with Crippen LogP contribution in [-0.4, -0.2) is 19.7 Å². The summed E-state index contributed by atoms with van der Waals surface area (Å²) >= 11 is 0. The van der Waals surface area contributed by atoms with Crippen LogP contribution in [0.5, 0.6) is 0 Å². The second-order valence-electron chi connectivity index (χ2n) is 3.75. The first-order valence-electron chi connectivity index (χ1n) is 5.29. The first kappa shape index (κ1) is 10.4. The SMILES string of the molecule is O=[N+]([O-])c1ccc2nc(-n3cccn3)ccc2c1. The van der Waals surface area contributed by atoms with Gasteiger partial charge in [0.2, 0.25) is 0 Å². The molecule has 0 aliphatic carbocycles. The fraction of sp³-hybridized carbons (Fsp3) is 0. The molecule has 0 aliphatic heterocycles. The highest BCUT2D eigenvalue weighted by Crippen LogP contribution is 2.20. The largest absolute Gasteiger partial charge is 0.270 e. The van der Waals surface area contributed by atoms with E-state index in [1.165, 1.54) is 12.1 Å². The standard InChI is InChI=1S/C12H8N4O2/c17-16(18)10-3-4-11-9(8-10)2-5-12(14-11)15-7-1-6-13-15/h1-8H. The van der Waals surface area contributed by atoms with Crippen LogP contribution in [0.15, 0.2) is 48.8 Å². The molecule has 3 aromatic rings. The molecule has 0 N–H and O–H groups in total. The van der Waals surface area contributed by atoms with Gasteiger partial charge in [-0.25, -0.2) is 9.67 Å². The van der Waals surface area contributed by atoms with Crippen molar-refractivity contribution in [3.8, 4) is 5.82 Å². The summed E-state index contributed by atoms with van der Waals surface area (Å²) in [6.07, 6.45) is 3.46.